The van der Waals surface area contributed by atoms with Crippen LogP contribution in [0.1, 0.15) is 31.2 Å². The number of aldehydes is 1. The van der Waals surface area contributed by atoms with E-state index in [0.717, 1.165) is 6.29 Å². The monoisotopic (exact) mass is 174 g/mol. The summed E-state index contributed by atoms with van der Waals surface area (Å²) in [5.41, 5.74) is 1.54. The first-order chi connectivity index (χ1) is 6.37. The van der Waals surface area contributed by atoms with E-state index in [2.05, 4.69) is 24.3 Å². The molecule has 1 nitrogen and oxygen atoms in total. The van der Waals surface area contributed by atoms with Crippen LogP contribution < -0.4 is 0 Å². The molecule has 0 bridgehead atoms. The Bertz CT molecular complexity index is 285. The van der Waals surface area contributed by atoms with Crippen molar-refractivity contribution in [2.45, 2.75) is 31.1 Å². The first kappa shape index (κ1) is 8.49. The summed E-state index contributed by atoms with van der Waals surface area (Å²) in [7, 11) is 0. The fraction of sp³-hybridized carbons (Fsp3) is 0.417. The highest BCUT2D eigenvalue weighted by molar-refractivity contribution is 5.54. The van der Waals surface area contributed by atoms with Crippen LogP contribution in [0.15, 0.2) is 30.3 Å². The number of carbonyl (C=O) groups is 1. The van der Waals surface area contributed by atoms with Crippen molar-refractivity contribution in [1.29, 1.82) is 0 Å². The molecule has 1 aromatic rings. The minimum atomic E-state index is 0.197. The highest BCUT2D eigenvalue weighted by Gasteiger charge is 2.37. The molecule has 0 saturated heterocycles. The van der Waals surface area contributed by atoms with E-state index in [1.165, 1.54) is 24.8 Å². The molecule has 1 saturated carbocycles. The van der Waals surface area contributed by atoms with Crippen LogP contribution >= 0.6 is 0 Å². The molecule has 1 fully saturated rings. The van der Waals surface area contributed by atoms with Crippen LogP contribution in [0.25, 0.3) is 0 Å². The average molecular weight is 174 g/mol. The van der Waals surface area contributed by atoms with Crippen molar-refractivity contribution in [3.8, 4) is 0 Å². The molecule has 1 aliphatic rings. The molecule has 13 heavy (non-hydrogen) atoms. The van der Waals surface area contributed by atoms with Gasteiger partial charge >= 0.3 is 0 Å². The highest BCUT2D eigenvalue weighted by atomic mass is 16.1. The highest BCUT2D eigenvalue weighted by Crippen LogP contribution is 2.45. The molecular formula is C12H14O. The van der Waals surface area contributed by atoms with Gasteiger partial charge < -0.3 is 4.79 Å². The number of rotatable bonds is 3. The Morgan fingerprint density at radius 3 is 2.38 bits per heavy atom. The van der Waals surface area contributed by atoms with Crippen molar-refractivity contribution in [2.75, 3.05) is 0 Å². The van der Waals surface area contributed by atoms with Crippen molar-refractivity contribution in [3.05, 3.63) is 35.9 Å². The van der Waals surface area contributed by atoms with Crippen molar-refractivity contribution in [3.63, 3.8) is 0 Å². The Morgan fingerprint density at radius 1 is 1.23 bits per heavy atom. The van der Waals surface area contributed by atoms with Crippen LogP contribution in [0.3, 0.4) is 0 Å². The molecule has 1 aliphatic carbocycles. The lowest BCUT2D eigenvalue weighted by Crippen LogP contribution is -2.34. The van der Waals surface area contributed by atoms with Gasteiger partial charge in [0.25, 0.3) is 0 Å². The predicted octanol–water partition coefficient (Wildman–Crippen LogP) is 2.70. The molecule has 1 aromatic carbocycles. The maximum Gasteiger partial charge on any atom is 0.120 e. The van der Waals surface area contributed by atoms with Crippen LogP contribution in [0.2, 0.25) is 0 Å². The summed E-state index contributed by atoms with van der Waals surface area (Å²) >= 11 is 0. The maximum absolute atomic E-state index is 10.6. The van der Waals surface area contributed by atoms with E-state index in [1.54, 1.807) is 0 Å². The van der Waals surface area contributed by atoms with Gasteiger partial charge in [0.15, 0.2) is 0 Å². The summed E-state index contributed by atoms with van der Waals surface area (Å²) < 4.78 is 0. The number of benzene rings is 1. The third-order valence-corrected chi connectivity index (χ3v) is 3.17. The normalized spacial score (nSPS) is 19.1. The summed E-state index contributed by atoms with van der Waals surface area (Å²) in [5, 5.41) is 0. The summed E-state index contributed by atoms with van der Waals surface area (Å²) in [4.78, 5) is 10.6. The average Bonchev–Trinajstić information content (AvgIpc) is 2.13. The summed E-state index contributed by atoms with van der Waals surface area (Å²) in [6.45, 7) is 0. The van der Waals surface area contributed by atoms with Crippen molar-refractivity contribution >= 4 is 6.29 Å². The quantitative estimate of drug-likeness (QED) is 0.644. The van der Waals surface area contributed by atoms with Crippen LogP contribution in [0, 0.1) is 0 Å². The van der Waals surface area contributed by atoms with Gasteiger partial charge in [-0.3, -0.25) is 0 Å². The summed E-state index contributed by atoms with van der Waals surface area (Å²) in [6, 6.07) is 10.4. The van der Waals surface area contributed by atoms with Gasteiger partial charge in [-0.1, -0.05) is 36.8 Å². The van der Waals surface area contributed by atoms with Crippen molar-refractivity contribution in [1.82, 2.24) is 0 Å². The molecule has 0 radical (unpaired) electrons. The van der Waals surface area contributed by atoms with Crippen LogP contribution in [0.5, 0.6) is 0 Å². The third-order valence-electron chi connectivity index (χ3n) is 3.17. The second-order valence-electron chi connectivity index (χ2n) is 3.87. The maximum atomic E-state index is 10.6. The van der Waals surface area contributed by atoms with Gasteiger partial charge in [-0.05, 0) is 18.4 Å². The molecule has 0 N–H and O–H groups in total. The standard InChI is InChI=1S/C12H14O/c13-10-9-12(7-4-8-12)11-5-2-1-3-6-11/h1-3,5-6,10H,4,7-9H2. The Balaban J connectivity index is 2.26. The van der Waals surface area contributed by atoms with E-state index >= 15 is 0 Å². The van der Waals surface area contributed by atoms with E-state index in [1.807, 2.05) is 6.07 Å². The van der Waals surface area contributed by atoms with Gasteiger partial charge in [-0.15, -0.1) is 0 Å². The van der Waals surface area contributed by atoms with E-state index in [-0.39, 0.29) is 5.41 Å². The molecule has 0 heterocycles. The number of hydrogen-bond acceptors (Lipinski definition) is 1. The molecule has 2 rings (SSSR count). The van der Waals surface area contributed by atoms with E-state index in [9.17, 15) is 4.79 Å². The molecule has 0 aliphatic heterocycles. The minimum Gasteiger partial charge on any atom is -0.303 e. The summed E-state index contributed by atoms with van der Waals surface area (Å²) in [6.07, 6.45) is 5.37. The Morgan fingerprint density at radius 2 is 1.92 bits per heavy atom. The van der Waals surface area contributed by atoms with E-state index in [0.29, 0.717) is 6.42 Å². The van der Waals surface area contributed by atoms with Crippen LogP contribution in [0.4, 0.5) is 0 Å². The second-order valence-corrected chi connectivity index (χ2v) is 3.87. The fourth-order valence-corrected chi connectivity index (χ4v) is 2.17. The fourth-order valence-electron chi connectivity index (χ4n) is 2.17. The van der Waals surface area contributed by atoms with Gasteiger partial charge in [-0.25, -0.2) is 0 Å². The zero-order valence-corrected chi connectivity index (χ0v) is 7.70. The van der Waals surface area contributed by atoms with Gasteiger partial charge in [0.1, 0.15) is 6.29 Å². The zero-order valence-electron chi connectivity index (χ0n) is 7.70. The van der Waals surface area contributed by atoms with E-state index in [4.69, 9.17) is 0 Å². The lowest BCUT2D eigenvalue weighted by atomic mass is 9.63. The Labute approximate surface area is 78.8 Å². The lowest BCUT2D eigenvalue weighted by molar-refractivity contribution is -0.109. The molecular weight excluding hydrogens is 160 g/mol. The third kappa shape index (κ3) is 1.39. The molecule has 68 valence electrons. The molecule has 0 amide bonds. The molecule has 0 unspecified atom stereocenters. The molecule has 0 aromatic heterocycles. The van der Waals surface area contributed by atoms with Gasteiger partial charge in [0.05, 0.1) is 0 Å². The SMILES string of the molecule is O=CCC1(c2ccccc2)CCC1. The van der Waals surface area contributed by atoms with Gasteiger partial charge in [-0.2, -0.15) is 0 Å². The van der Waals surface area contributed by atoms with Crippen molar-refractivity contribution < 1.29 is 4.79 Å². The first-order valence-electron chi connectivity index (χ1n) is 4.87. The summed E-state index contributed by atoms with van der Waals surface area (Å²) in [5.74, 6) is 0. The topological polar surface area (TPSA) is 17.1 Å². The minimum absolute atomic E-state index is 0.197. The Kier molecular flexibility index (Phi) is 2.17. The second kappa shape index (κ2) is 3.33. The van der Waals surface area contributed by atoms with E-state index < -0.39 is 0 Å². The number of carbonyl (C=O) groups excluding carboxylic acids is 1. The van der Waals surface area contributed by atoms with Gasteiger partial charge in [0.2, 0.25) is 0 Å². The van der Waals surface area contributed by atoms with Crippen LogP contribution in [-0.2, 0) is 10.2 Å². The molecule has 1 heteroatoms. The smallest absolute Gasteiger partial charge is 0.120 e. The first-order valence-corrected chi connectivity index (χ1v) is 4.87. The van der Waals surface area contributed by atoms with Crippen LogP contribution in [-0.4, -0.2) is 6.29 Å². The largest absolute Gasteiger partial charge is 0.303 e. The molecule has 0 atom stereocenters. The van der Waals surface area contributed by atoms with Gasteiger partial charge in [0, 0.05) is 11.8 Å². The molecule has 0 spiro atoms. The Hall–Kier alpha value is -1.11. The lowest BCUT2D eigenvalue weighted by Gasteiger charge is -2.41. The number of hydrogen-bond donors (Lipinski definition) is 0. The van der Waals surface area contributed by atoms with Crippen molar-refractivity contribution in [2.24, 2.45) is 0 Å². The predicted molar refractivity (Wildman–Crippen MR) is 52.7 cm³/mol. The zero-order chi connectivity index (χ0) is 9.15.